The van der Waals surface area contributed by atoms with Gasteiger partial charge in [0.2, 0.25) is 0 Å². The van der Waals surface area contributed by atoms with Gasteiger partial charge < -0.3 is 19.9 Å². The Labute approximate surface area is 151 Å². The van der Waals surface area contributed by atoms with Gasteiger partial charge in [-0.1, -0.05) is 12.1 Å². The third-order valence-electron chi connectivity index (χ3n) is 3.54. The minimum absolute atomic E-state index is 0. The Bertz CT molecular complexity index is 387. The molecule has 0 unspecified atom stereocenters. The summed E-state index contributed by atoms with van der Waals surface area (Å²) in [6.45, 7) is 7.32. The lowest BCUT2D eigenvalue weighted by Crippen LogP contribution is -2.37. The molecule has 2 rings (SSSR count). The van der Waals surface area contributed by atoms with Crippen molar-refractivity contribution in [2.24, 2.45) is 0 Å². The predicted molar refractivity (Wildman–Crippen MR) is 97.1 cm³/mol. The van der Waals surface area contributed by atoms with E-state index < -0.39 is 0 Å². The van der Waals surface area contributed by atoms with E-state index >= 15 is 0 Å². The topological polar surface area (TPSA) is 54.0 Å². The van der Waals surface area contributed by atoms with Gasteiger partial charge in [-0.25, -0.2) is 0 Å². The van der Waals surface area contributed by atoms with E-state index in [4.69, 9.17) is 14.6 Å². The highest BCUT2D eigenvalue weighted by molar-refractivity contribution is 5.85. The molecule has 1 heterocycles. The largest absolute Gasteiger partial charge is 0.491 e. The molecule has 1 aromatic rings. The maximum absolute atomic E-state index is 8.70. The zero-order valence-corrected chi connectivity index (χ0v) is 15.0. The van der Waals surface area contributed by atoms with Crippen molar-refractivity contribution in [1.82, 2.24) is 10.2 Å². The minimum Gasteiger partial charge on any atom is -0.491 e. The number of benzene rings is 1. The Morgan fingerprint density at radius 3 is 2.48 bits per heavy atom. The van der Waals surface area contributed by atoms with Gasteiger partial charge in [-0.05, 0) is 37.2 Å². The molecule has 2 N–H and O–H groups in total. The van der Waals surface area contributed by atoms with Crippen LogP contribution >= 0.6 is 24.8 Å². The lowest BCUT2D eigenvalue weighted by atomic mass is 10.2. The molecule has 0 aromatic heterocycles. The van der Waals surface area contributed by atoms with Crippen LogP contribution in [0.1, 0.15) is 12.0 Å². The molecule has 134 valence electrons. The van der Waals surface area contributed by atoms with Crippen LogP contribution in [0, 0.1) is 0 Å². The van der Waals surface area contributed by atoms with E-state index in [1.54, 1.807) is 0 Å². The zero-order valence-electron chi connectivity index (χ0n) is 13.4. The van der Waals surface area contributed by atoms with Crippen molar-refractivity contribution in [3.05, 3.63) is 29.8 Å². The summed E-state index contributed by atoms with van der Waals surface area (Å²) in [6, 6.07) is 8.00. The van der Waals surface area contributed by atoms with E-state index in [-0.39, 0.29) is 31.4 Å². The summed E-state index contributed by atoms with van der Waals surface area (Å²) >= 11 is 0. The number of hydrogen-bond donors (Lipinski definition) is 2. The lowest BCUT2D eigenvalue weighted by Gasteiger charge is -2.26. The maximum Gasteiger partial charge on any atom is 0.119 e. The van der Waals surface area contributed by atoms with Gasteiger partial charge in [-0.15, -0.1) is 24.8 Å². The van der Waals surface area contributed by atoms with Crippen LogP contribution in [-0.4, -0.2) is 62.6 Å². The molecule has 7 heteroatoms. The number of morpholine rings is 1. The molecular formula is C16H28Cl2N2O3. The molecule has 5 nitrogen and oxygen atoms in total. The van der Waals surface area contributed by atoms with Crippen LogP contribution < -0.4 is 10.1 Å². The number of aliphatic hydroxyl groups is 1. The molecule has 0 saturated carbocycles. The summed E-state index contributed by atoms with van der Waals surface area (Å²) in [6.07, 6.45) is 1.16. The summed E-state index contributed by atoms with van der Waals surface area (Å²) in [4.78, 5) is 2.46. The molecular weight excluding hydrogens is 339 g/mol. The van der Waals surface area contributed by atoms with E-state index in [0.717, 1.165) is 58.1 Å². The number of halogens is 2. The van der Waals surface area contributed by atoms with E-state index in [2.05, 4.69) is 22.3 Å². The normalized spacial score (nSPS) is 14.7. The van der Waals surface area contributed by atoms with Crippen LogP contribution in [0.4, 0.5) is 0 Å². The fourth-order valence-corrected chi connectivity index (χ4v) is 2.35. The van der Waals surface area contributed by atoms with Crippen molar-refractivity contribution in [2.45, 2.75) is 13.0 Å². The Morgan fingerprint density at radius 1 is 1.13 bits per heavy atom. The van der Waals surface area contributed by atoms with Gasteiger partial charge in [0.05, 0.1) is 19.8 Å². The number of nitrogens with one attached hydrogen (secondary N) is 1. The fraction of sp³-hybridized carbons (Fsp3) is 0.625. The third-order valence-corrected chi connectivity index (χ3v) is 3.54. The van der Waals surface area contributed by atoms with Crippen molar-refractivity contribution in [2.75, 3.05) is 52.6 Å². The van der Waals surface area contributed by atoms with E-state index in [1.807, 2.05) is 12.1 Å². The van der Waals surface area contributed by atoms with Crippen LogP contribution in [0.25, 0.3) is 0 Å². The average Bonchev–Trinajstić information content (AvgIpc) is 2.55. The molecule has 1 aliphatic heterocycles. The van der Waals surface area contributed by atoms with Crippen LogP contribution in [0.3, 0.4) is 0 Å². The van der Waals surface area contributed by atoms with Gasteiger partial charge >= 0.3 is 0 Å². The number of nitrogens with zero attached hydrogens (tertiary/aromatic N) is 1. The Balaban J connectivity index is 0.00000242. The lowest BCUT2D eigenvalue weighted by molar-refractivity contribution is 0.0374. The fourth-order valence-electron chi connectivity index (χ4n) is 2.35. The van der Waals surface area contributed by atoms with Gasteiger partial charge in [0.15, 0.2) is 0 Å². The first-order valence-corrected chi connectivity index (χ1v) is 7.72. The highest BCUT2D eigenvalue weighted by atomic mass is 35.5. The highest BCUT2D eigenvalue weighted by Gasteiger charge is 2.08. The predicted octanol–water partition coefficient (Wildman–Crippen LogP) is 1.71. The van der Waals surface area contributed by atoms with Crippen molar-refractivity contribution in [1.29, 1.82) is 0 Å². The Morgan fingerprint density at radius 2 is 1.83 bits per heavy atom. The van der Waals surface area contributed by atoms with Gasteiger partial charge in [0.25, 0.3) is 0 Å². The van der Waals surface area contributed by atoms with Crippen molar-refractivity contribution >= 4 is 24.8 Å². The second kappa shape index (κ2) is 13.8. The second-order valence-electron chi connectivity index (χ2n) is 5.20. The van der Waals surface area contributed by atoms with Gasteiger partial charge in [-0.3, -0.25) is 4.90 Å². The molecule has 0 atom stereocenters. The summed E-state index contributed by atoms with van der Waals surface area (Å²) < 4.78 is 10.7. The minimum atomic E-state index is 0. The second-order valence-corrected chi connectivity index (χ2v) is 5.20. The SMILES string of the molecule is Cl.Cl.OCCOc1ccc(CNCCCN2CCOCC2)cc1. The quantitative estimate of drug-likeness (QED) is 0.651. The third kappa shape index (κ3) is 9.35. The first-order chi connectivity index (χ1) is 10.4. The summed E-state index contributed by atoms with van der Waals surface area (Å²) in [5.74, 6) is 0.806. The maximum atomic E-state index is 8.70. The number of hydrogen-bond acceptors (Lipinski definition) is 5. The Kier molecular flexibility index (Phi) is 13.5. The first kappa shape index (κ1) is 22.4. The monoisotopic (exact) mass is 366 g/mol. The van der Waals surface area contributed by atoms with Crippen LogP contribution in [-0.2, 0) is 11.3 Å². The standard InChI is InChI=1S/C16H26N2O3.2ClH/c19-10-13-21-16-4-2-15(3-5-16)14-17-6-1-7-18-8-11-20-12-9-18;;/h2-5,17,19H,1,6-14H2;2*1H. The van der Waals surface area contributed by atoms with E-state index in [1.165, 1.54) is 5.56 Å². The molecule has 0 aliphatic carbocycles. The van der Waals surface area contributed by atoms with E-state index in [0.29, 0.717) is 6.61 Å². The molecule has 0 bridgehead atoms. The molecule has 0 radical (unpaired) electrons. The molecule has 1 aliphatic rings. The smallest absolute Gasteiger partial charge is 0.119 e. The molecule has 1 aromatic carbocycles. The summed E-state index contributed by atoms with van der Waals surface area (Å²) in [7, 11) is 0. The molecule has 1 saturated heterocycles. The van der Waals surface area contributed by atoms with E-state index in [9.17, 15) is 0 Å². The average molecular weight is 367 g/mol. The molecule has 1 fully saturated rings. The van der Waals surface area contributed by atoms with Crippen LogP contribution in [0.5, 0.6) is 5.75 Å². The van der Waals surface area contributed by atoms with Gasteiger partial charge in [0.1, 0.15) is 12.4 Å². The number of rotatable bonds is 9. The highest BCUT2D eigenvalue weighted by Crippen LogP contribution is 2.11. The first-order valence-electron chi connectivity index (χ1n) is 7.72. The molecule has 0 amide bonds. The summed E-state index contributed by atoms with van der Waals surface area (Å²) in [5, 5.41) is 12.2. The van der Waals surface area contributed by atoms with Crippen molar-refractivity contribution in [3.8, 4) is 5.75 Å². The number of aliphatic hydroxyl groups excluding tert-OH is 1. The van der Waals surface area contributed by atoms with Crippen molar-refractivity contribution in [3.63, 3.8) is 0 Å². The zero-order chi connectivity index (χ0) is 14.8. The van der Waals surface area contributed by atoms with Crippen LogP contribution in [0.15, 0.2) is 24.3 Å². The molecule has 23 heavy (non-hydrogen) atoms. The Hall–Kier alpha value is -0.560. The van der Waals surface area contributed by atoms with Gasteiger partial charge in [-0.2, -0.15) is 0 Å². The van der Waals surface area contributed by atoms with Crippen molar-refractivity contribution < 1.29 is 14.6 Å². The van der Waals surface area contributed by atoms with Gasteiger partial charge in [0, 0.05) is 19.6 Å². The molecule has 0 spiro atoms. The van der Waals surface area contributed by atoms with Crippen LogP contribution in [0.2, 0.25) is 0 Å². The number of ether oxygens (including phenoxy) is 2. The summed E-state index contributed by atoms with van der Waals surface area (Å²) in [5.41, 5.74) is 1.25.